The average Bonchev–Trinajstić information content (AvgIpc) is 2.06. The lowest BCUT2D eigenvalue weighted by Crippen LogP contribution is -2.66. The lowest BCUT2D eigenvalue weighted by molar-refractivity contribution is 0.0333. The van der Waals surface area contributed by atoms with Crippen LogP contribution in [0.2, 0.25) is 0 Å². The van der Waals surface area contributed by atoms with Crippen LogP contribution < -0.4 is 0 Å². The minimum absolute atomic E-state index is 0.00951. The van der Waals surface area contributed by atoms with Crippen molar-refractivity contribution in [2.24, 2.45) is 11.3 Å². The maximum Gasteiger partial charge on any atom is 0.264 e. The number of likely N-dealkylation sites (tertiary alicyclic amines) is 1. The number of hydrogen-bond acceptors (Lipinski definition) is 4. The summed E-state index contributed by atoms with van der Waals surface area (Å²) in [5.74, 6) is -0.00951. The van der Waals surface area contributed by atoms with E-state index in [1.54, 1.807) is 6.92 Å². The van der Waals surface area contributed by atoms with Gasteiger partial charge >= 0.3 is 0 Å². The first-order valence-electron chi connectivity index (χ1n) is 5.60. The fourth-order valence-electron chi connectivity index (χ4n) is 2.58. The van der Waals surface area contributed by atoms with E-state index in [2.05, 4.69) is 20.8 Å². The molecule has 1 rings (SSSR count). The first-order valence-corrected chi connectivity index (χ1v) is 7.82. The molecule has 1 saturated heterocycles. The van der Waals surface area contributed by atoms with Crippen molar-refractivity contribution in [2.45, 2.75) is 39.8 Å². The third-order valence-corrected chi connectivity index (χ3v) is 4.32. The Kier molecular flexibility index (Phi) is 3.91. The molecule has 0 N–H and O–H groups in total. The first kappa shape index (κ1) is 14.9. The Hall–Kier alpha value is -0.200. The van der Waals surface area contributed by atoms with Gasteiger partial charge in [-0.15, -0.1) is 0 Å². The van der Waals surface area contributed by atoms with Crippen LogP contribution in [0.5, 0.6) is 0 Å². The van der Waals surface area contributed by atoms with Crippen LogP contribution >= 0.6 is 12.2 Å². The molecular formula is C11H21NO3S2. The Bertz CT molecular complexity index is 411. The van der Waals surface area contributed by atoms with E-state index in [0.29, 0.717) is 0 Å². The molecule has 0 aliphatic carbocycles. The molecule has 1 aliphatic heterocycles. The van der Waals surface area contributed by atoms with Crippen LogP contribution in [0.25, 0.3) is 0 Å². The minimum Gasteiger partial charge on any atom is -0.365 e. The Balaban J connectivity index is 2.86. The van der Waals surface area contributed by atoms with Crippen molar-refractivity contribution in [3.8, 4) is 0 Å². The predicted molar refractivity (Wildman–Crippen MR) is 72.5 cm³/mol. The molecule has 6 heteroatoms. The maximum atomic E-state index is 11.2. The van der Waals surface area contributed by atoms with Crippen molar-refractivity contribution in [3.63, 3.8) is 0 Å². The van der Waals surface area contributed by atoms with E-state index in [1.165, 1.54) is 0 Å². The van der Waals surface area contributed by atoms with Gasteiger partial charge in [0.15, 0.2) is 0 Å². The van der Waals surface area contributed by atoms with Crippen molar-refractivity contribution in [3.05, 3.63) is 0 Å². The molecule has 0 aromatic carbocycles. The third kappa shape index (κ3) is 3.17. The van der Waals surface area contributed by atoms with E-state index in [0.717, 1.165) is 11.2 Å². The summed E-state index contributed by atoms with van der Waals surface area (Å²) in [6, 6.07) is 0.215. The Morgan fingerprint density at radius 1 is 1.41 bits per heavy atom. The molecular weight excluding hydrogens is 258 g/mol. The normalized spacial score (nSPS) is 27.9. The van der Waals surface area contributed by atoms with E-state index in [1.807, 2.05) is 11.9 Å². The molecule has 0 spiro atoms. The van der Waals surface area contributed by atoms with Gasteiger partial charge in [-0.25, -0.2) is 0 Å². The second-order valence-electron chi connectivity index (χ2n) is 5.79. The number of rotatable bonds is 3. The van der Waals surface area contributed by atoms with E-state index in [-0.39, 0.29) is 17.4 Å². The molecule has 0 radical (unpaired) electrons. The van der Waals surface area contributed by atoms with Crippen LogP contribution in [-0.2, 0) is 14.3 Å². The highest BCUT2D eigenvalue weighted by Gasteiger charge is 2.51. The largest absolute Gasteiger partial charge is 0.365 e. The fourth-order valence-corrected chi connectivity index (χ4v) is 3.68. The Morgan fingerprint density at radius 2 is 1.88 bits per heavy atom. The van der Waals surface area contributed by atoms with Crippen molar-refractivity contribution in [1.82, 2.24) is 4.90 Å². The molecule has 0 aromatic rings. The molecule has 0 aromatic heterocycles. The van der Waals surface area contributed by atoms with Gasteiger partial charge in [0.25, 0.3) is 10.1 Å². The van der Waals surface area contributed by atoms with E-state index in [4.69, 9.17) is 16.4 Å². The third-order valence-electron chi connectivity index (χ3n) is 3.11. The number of nitrogens with zero attached hydrogens (tertiary/aromatic N) is 1. The quantitative estimate of drug-likeness (QED) is 0.581. The lowest BCUT2D eigenvalue weighted by Gasteiger charge is -2.55. The highest BCUT2D eigenvalue weighted by atomic mass is 32.2. The van der Waals surface area contributed by atoms with Crippen LogP contribution in [-0.4, -0.2) is 43.8 Å². The molecule has 4 nitrogen and oxygen atoms in total. The predicted octanol–water partition coefficient (Wildman–Crippen LogP) is 1.65. The van der Waals surface area contributed by atoms with Gasteiger partial charge in [-0.05, 0) is 12.3 Å². The fraction of sp³-hybridized carbons (Fsp3) is 0.909. The van der Waals surface area contributed by atoms with Crippen molar-refractivity contribution in [2.75, 3.05) is 13.3 Å². The van der Waals surface area contributed by atoms with Crippen molar-refractivity contribution >= 4 is 27.3 Å². The van der Waals surface area contributed by atoms with Gasteiger partial charge in [0.1, 0.15) is 0 Å². The summed E-state index contributed by atoms with van der Waals surface area (Å²) in [4.78, 5) is 2.81. The topological polar surface area (TPSA) is 46.6 Å². The highest BCUT2D eigenvalue weighted by Crippen LogP contribution is 2.41. The molecule has 3 atom stereocenters. The monoisotopic (exact) mass is 279 g/mol. The summed E-state index contributed by atoms with van der Waals surface area (Å²) in [6.07, 6.45) is 0.666. The molecule has 1 fully saturated rings. The summed E-state index contributed by atoms with van der Waals surface area (Å²) < 4.78 is 27.3. The van der Waals surface area contributed by atoms with Crippen LogP contribution in [0.4, 0.5) is 0 Å². The van der Waals surface area contributed by atoms with Gasteiger partial charge in [-0.3, -0.25) is 4.18 Å². The van der Waals surface area contributed by atoms with Crippen molar-refractivity contribution in [1.29, 1.82) is 0 Å². The second-order valence-corrected chi connectivity index (χ2v) is 7.81. The zero-order valence-corrected chi connectivity index (χ0v) is 12.9. The van der Waals surface area contributed by atoms with Crippen LogP contribution in [0, 0.1) is 11.3 Å². The Morgan fingerprint density at radius 3 is 2.24 bits per heavy atom. The summed E-state index contributed by atoms with van der Waals surface area (Å²) >= 11 is 5.29. The average molecular weight is 279 g/mol. The van der Waals surface area contributed by atoms with Gasteiger partial charge < -0.3 is 4.90 Å². The van der Waals surface area contributed by atoms with E-state index in [9.17, 15) is 8.42 Å². The number of thiocarbonyl (C=S) groups is 1. The molecule has 0 amide bonds. The van der Waals surface area contributed by atoms with Crippen molar-refractivity contribution < 1.29 is 12.6 Å². The molecule has 1 heterocycles. The molecule has 0 bridgehead atoms. The van der Waals surface area contributed by atoms with Crippen LogP contribution in [0.15, 0.2) is 0 Å². The molecule has 0 saturated carbocycles. The smallest absolute Gasteiger partial charge is 0.264 e. The minimum atomic E-state index is -3.43. The summed E-state index contributed by atoms with van der Waals surface area (Å²) in [5.41, 5.74) is 0.0385. The zero-order chi connectivity index (χ0) is 13.6. The van der Waals surface area contributed by atoms with E-state index < -0.39 is 16.2 Å². The summed E-state index contributed by atoms with van der Waals surface area (Å²) in [5, 5.41) is 0. The van der Waals surface area contributed by atoms with Gasteiger partial charge in [0, 0.05) is 13.1 Å². The van der Waals surface area contributed by atoms with Gasteiger partial charge in [-0.1, -0.05) is 33.0 Å². The SMILES string of the molecule is C[C@@H](OS(C)(=O)=O)[C@H]1C(=S)N(C)[C@@H]1C(C)(C)C. The van der Waals surface area contributed by atoms with E-state index >= 15 is 0 Å². The molecule has 17 heavy (non-hydrogen) atoms. The number of hydrogen-bond donors (Lipinski definition) is 0. The second kappa shape index (κ2) is 4.48. The molecule has 1 aliphatic rings. The van der Waals surface area contributed by atoms with Gasteiger partial charge in [0.05, 0.1) is 23.3 Å². The van der Waals surface area contributed by atoms with Gasteiger partial charge in [0.2, 0.25) is 0 Å². The Labute approximate surface area is 109 Å². The molecule has 100 valence electrons. The lowest BCUT2D eigenvalue weighted by atomic mass is 9.70. The molecule has 0 unspecified atom stereocenters. The maximum absolute atomic E-state index is 11.2. The van der Waals surface area contributed by atoms with Gasteiger partial charge in [-0.2, -0.15) is 8.42 Å². The summed E-state index contributed by atoms with van der Waals surface area (Å²) in [6.45, 7) is 8.13. The first-order chi connectivity index (χ1) is 7.45. The highest BCUT2D eigenvalue weighted by molar-refractivity contribution is 7.86. The zero-order valence-electron chi connectivity index (χ0n) is 11.2. The van der Waals surface area contributed by atoms with Crippen LogP contribution in [0.1, 0.15) is 27.7 Å². The summed E-state index contributed by atoms with van der Waals surface area (Å²) in [7, 11) is -1.49. The standard InChI is InChI=1S/C11H21NO3S2/c1-7(15-17(6,13)14)8-9(11(2,3)4)12(5)10(8)16/h7-9H,1-6H3/t7-,8-,9+/m1/s1. The van der Waals surface area contributed by atoms with Crippen LogP contribution in [0.3, 0.4) is 0 Å².